The van der Waals surface area contributed by atoms with E-state index in [1.165, 1.54) is 6.42 Å². The van der Waals surface area contributed by atoms with E-state index in [1.807, 2.05) is 24.8 Å². The molecule has 0 bridgehead atoms. The summed E-state index contributed by atoms with van der Waals surface area (Å²) in [6.07, 6.45) is 3.27. The number of carbonyl (C=O) groups is 1. The number of rotatable bonds is 3. The van der Waals surface area contributed by atoms with Crippen molar-refractivity contribution in [2.75, 3.05) is 6.54 Å². The van der Waals surface area contributed by atoms with Crippen molar-refractivity contribution in [3.8, 4) is 0 Å². The van der Waals surface area contributed by atoms with Crippen LogP contribution in [0.3, 0.4) is 0 Å². The fourth-order valence-corrected chi connectivity index (χ4v) is 3.70. The largest absolute Gasteiger partial charge is 0.346 e. The van der Waals surface area contributed by atoms with Crippen LogP contribution in [0.4, 0.5) is 0 Å². The number of likely N-dealkylation sites (tertiary alicyclic amines) is 1. The van der Waals surface area contributed by atoms with E-state index in [-0.39, 0.29) is 18.0 Å². The third-order valence-electron chi connectivity index (χ3n) is 4.65. The molecule has 118 valence electrons. The van der Waals surface area contributed by atoms with Crippen LogP contribution in [0.15, 0.2) is 6.07 Å². The van der Waals surface area contributed by atoms with Gasteiger partial charge in [0.25, 0.3) is 5.91 Å². The molecule has 0 aliphatic carbocycles. The number of nitrogens with zero attached hydrogens (tertiary/aromatic N) is 2. The molecule has 1 aliphatic rings. The average molecular weight is 291 g/mol. The summed E-state index contributed by atoms with van der Waals surface area (Å²) in [5, 5.41) is 0. The van der Waals surface area contributed by atoms with E-state index in [4.69, 9.17) is 5.73 Å². The van der Waals surface area contributed by atoms with Crippen LogP contribution < -0.4 is 5.73 Å². The van der Waals surface area contributed by atoms with E-state index in [2.05, 4.69) is 25.3 Å². The molecule has 2 atom stereocenters. The SMILES string of the molecule is Cc1cc(C(=O)N2CCCCC2C(C)N)c(C)n1C(C)C. The lowest BCUT2D eigenvalue weighted by Crippen LogP contribution is -2.51. The van der Waals surface area contributed by atoms with Crippen LogP contribution in [0.5, 0.6) is 0 Å². The zero-order chi connectivity index (χ0) is 15.7. The van der Waals surface area contributed by atoms with Crippen molar-refractivity contribution in [2.24, 2.45) is 5.73 Å². The predicted octanol–water partition coefficient (Wildman–Crippen LogP) is 3.03. The third-order valence-corrected chi connectivity index (χ3v) is 4.65. The summed E-state index contributed by atoms with van der Waals surface area (Å²) in [7, 11) is 0. The van der Waals surface area contributed by atoms with Crippen molar-refractivity contribution in [3.63, 3.8) is 0 Å². The zero-order valence-corrected chi connectivity index (χ0v) is 14.0. The molecule has 4 nitrogen and oxygen atoms in total. The molecule has 0 saturated carbocycles. The topological polar surface area (TPSA) is 51.3 Å². The van der Waals surface area contributed by atoms with Gasteiger partial charge in [-0.1, -0.05) is 0 Å². The molecular formula is C17H29N3O. The average Bonchev–Trinajstić information content (AvgIpc) is 2.73. The van der Waals surface area contributed by atoms with Gasteiger partial charge in [-0.3, -0.25) is 4.79 Å². The molecule has 2 heterocycles. The second-order valence-electron chi connectivity index (χ2n) is 6.67. The first-order valence-electron chi connectivity index (χ1n) is 8.09. The Labute approximate surface area is 128 Å². The Kier molecular flexibility index (Phi) is 4.77. The fraction of sp³-hybridized carbons (Fsp3) is 0.706. The lowest BCUT2D eigenvalue weighted by atomic mass is 9.96. The summed E-state index contributed by atoms with van der Waals surface area (Å²) in [6.45, 7) is 11.3. The van der Waals surface area contributed by atoms with E-state index in [0.717, 1.165) is 36.3 Å². The number of aryl methyl sites for hydroxylation is 1. The quantitative estimate of drug-likeness (QED) is 0.930. The first kappa shape index (κ1) is 16.1. The van der Waals surface area contributed by atoms with Gasteiger partial charge in [0, 0.05) is 36.1 Å². The molecule has 0 radical (unpaired) electrons. The Bertz CT molecular complexity index is 516. The Morgan fingerprint density at radius 1 is 1.29 bits per heavy atom. The highest BCUT2D eigenvalue weighted by molar-refractivity contribution is 5.96. The van der Waals surface area contributed by atoms with Gasteiger partial charge >= 0.3 is 0 Å². The van der Waals surface area contributed by atoms with Gasteiger partial charge in [-0.2, -0.15) is 0 Å². The van der Waals surface area contributed by atoms with Gasteiger partial charge in [0.05, 0.1) is 5.56 Å². The second-order valence-corrected chi connectivity index (χ2v) is 6.67. The van der Waals surface area contributed by atoms with Crippen molar-refractivity contribution < 1.29 is 4.79 Å². The van der Waals surface area contributed by atoms with Crippen LogP contribution in [0.2, 0.25) is 0 Å². The molecular weight excluding hydrogens is 262 g/mol. The minimum absolute atomic E-state index is 0.0304. The monoisotopic (exact) mass is 291 g/mol. The van der Waals surface area contributed by atoms with E-state index >= 15 is 0 Å². The van der Waals surface area contributed by atoms with Gasteiger partial charge in [0.15, 0.2) is 0 Å². The summed E-state index contributed by atoms with van der Waals surface area (Å²) in [4.78, 5) is 15.0. The summed E-state index contributed by atoms with van der Waals surface area (Å²) in [5.41, 5.74) is 9.16. The number of aromatic nitrogens is 1. The number of nitrogens with two attached hydrogens (primary N) is 1. The first-order valence-corrected chi connectivity index (χ1v) is 8.09. The van der Waals surface area contributed by atoms with Gasteiger partial charge in [-0.15, -0.1) is 0 Å². The predicted molar refractivity (Wildman–Crippen MR) is 86.6 cm³/mol. The highest BCUT2D eigenvalue weighted by atomic mass is 16.2. The minimum atomic E-state index is 0.0304. The molecule has 1 fully saturated rings. The minimum Gasteiger partial charge on any atom is -0.346 e. The number of hydrogen-bond donors (Lipinski definition) is 1. The first-order chi connectivity index (χ1) is 9.84. The van der Waals surface area contributed by atoms with E-state index in [9.17, 15) is 4.79 Å². The Morgan fingerprint density at radius 3 is 2.48 bits per heavy atom. The van der Waals surface area contributed by atoms with Gasteiger partial charge in [0.1, 0.15) is 0 Å². The third kappa shape index (κ3) is 3.00. The molecule has 1 amide bonds. The Balaban J connectivity index is 2.33. The molecule has 2 N–H and O–H groups in total. The van der Waals surface area contributed by atoms with Crippen molar-refractivity contribution in [1.82, 2.24) is 9.47 Å². The summed E-state index contributed by atoms with van der Waals surface area (Å²) >= 11 is 0. The van der Waals surface area contributed by atoms with Gasteiger partial charge in [-0.25, -0.2) is 0 Å². The number of piperidine rings is 1. The normalized spacial score (nSPS) is 20.9. The molecule has 0 aromatic carbocycles. The molecule has 4 heteroatoms. The Hall–Kier alpha value is -1.29. The zero-order valence-electron chi connectivity index (χ0n) is 14.0. The second kappa shape index (κ2) is 6.22. The van der Waals surface area contributed by atoms with Crippen LogP contribution >= 0.6 is 0 Å². The van der Waals surface area contributed by atoms with E-state index < -0.39 is 0 Å². The number of carbonyl (C=O) groups excluding carboxylic acids is 1. The number of hydrogen-bond acceptors (Lipinski definition) is 2. The summed E-state index contributed by atoms with van der Waals surface area (Å²) in [6, 6.07) is 2.61. The molecule has 21 heavy (non-hydrogen) atoms. The molecule has 0 spiro atoms. The standard InChI is InChI=1S/C17H29N3O/c1-11(2)20-12(3)10-15(14(20)5)17(21)19-9-7-6-8-16(19)13(4)18/h10-11,13,16H,6-9,18H2,1-5H3. The number of amides is 1. The molecule has 1 aromatic rings. The maximum Gasteiger partial charge on any atom is 0.255 e. The molecule has 2 unspecified atom stereocenters. The van der Waals surface area contributed by atoms with Crippen LogP contribution in [0.1, 0.15) is 67.8 Å². The van der Waals surface area contributed by atoms with Gasteiger partial charge in [-0.05, 0) is 59.9 Å². The molecule has 1 aromatic heterocycles. The maximum absolute atomic E-state index is 13.0. The van der Waals surface area contributed by atoms with Crippen molar-refractivity contribution in [3.05, 3.63) is 23.0 Å². The lowest BCUT2D eigenvalue weighted by Gasteiger charge is -2.38. The van der Waals surface area contributed by atoms with Crippen LogP contribution in [-0.2, 0) is 0 Å². The van der Waals surface area contributed by atoms with Gasteiger partial charge < -0.3 is 15.2 Å². The molecule has 1 saturated heterocycles. The molecule has 1 aliphatic heterocycles. The highest BCUT2D eigenvalue weighted by Gasteiger charge is 2.31. The molecule has 2 rings (SSSR count). The van der Waals surface area contributed by atoms with Crippen molar-refractivity contribution >= 4 is 5.91 Å². The van der Waals surface area contributed by atoms with E-state index in [1.54, 1.807) is 0 Å². The van der Waals surface area contributed by atoms with Crippen molar-refractivity contribution in [1.29, 1.82) is 0 Å². The summed E-state index contributed by atoms with van der Waals surface area (Å²) in [5.74, 6) is 0.150. The fourth-order valence-electron chi connectivity index (χ4n) is 3.70. The summed E-state index contributed by atoms with van der Waals surface area (Å²) < 4.78 is 2.23. The van der Waals surface area contributed by atoms with Gasteiger partial charge in [0.2, 0.25) is 0 Å². The van der Waals surface area contributed by atoms with Crippen LogP contribution in [0, 0.1) is 13.8 Å². The maximum atomic E-state index is 13.0. The Morgan fingerprint density at radius 2 is 1.95 bits per heavy atom. The lowest BCUT2D eigenvalue weighted by molar-refractivity contribution is 0.0583. The van der Waals surface area contributed by atoms with Crippen LogP contribution in [-0.4, -0.2) is 34.0 Å². The smallest absolute Gasteiger partial charge is 0.255 e. The highest BCUT2D eigenvalue weighted by Crippen LogP contribution is 2.26. The van der Waals surface area contributed by atoms with Crippen LogP contribution in [0.25, 0.3) is 0 Å². The van der Waals surface area contributed by atoms with E-state index in [0.29, 0.717) is 6.04 Å². The van der Waals surface area contributed by atoms with Crippen molar-refractivity contribution in [2.45, 2.75) is 72.0 Å².